The molecule has 0 radical (unpaired) electrons. The van der Waals surface area contributed by atoms with Gasteiger partial charge in [0.1, 0.15) is 0 Å². The summed E-state index contributed by atoms with van der Waals surface area (Å²) in [6, 6.07) is 22.0. The second-order valence-electron chi connectivity index (χ2n) is 5.80. The van der Waals surface area contributed by atoms with Crippen molar-refractivity contribution in [3.8, 4) is 22.4 Å². The van der Waals surface area contributed by atoms with Crippen LogP contribution < -0.4 is 10.6 Å². The van der Waals surface area contributed by atoms with E-state index in [-0.39, 0.29) is 6.03 Å². The summed E-state index contributed by atoms with van der Waals surface area (Å²) < 4.78 is 1.66. The molecule has 128 valence electrons. The van der Waals surface area contributed by atoms with Gasteiger partial charge in [-0.25, -0.2) is 14.3 Å². The van der Waals surface area contributed by atoms with E-state index >= 15 is 0 Å². The van der Waals surface area contributed by atoms with Crippen LogP contribution in [0.15, 0.2) is 72.9 Å². The molecule has 0 fully saturated rings. The van der Waals surface area contributed by atoms with E-state index in [2.05, 4.69) is 45.0 Å². The number of imidazole rings is 1. The number of carbonyl (C=O) groups is 1. The van der Waals surface area contributed by atoms with Crippen molar-refractivity contribution in [2.75, 3.05) is 12.4 Å². The molecule has 2 N–H and O–H groups in total. The van der Waals surface area contributed by atoms with Gasteiger partial charge in [-0.05, 0) is 29.3 Å². The zero-order valence-electron chi connectivity index (χ0n) is 14.2. The first kappa shape index (κ1) is 15.8. The standard InChI is InChI=1S/C20H17N5O/c1-21-20(26)23-18-13-25-19(22-18)11-10-17(24-25)16-9-5-8-15(12-16)14-6-3-2-4-7-14/h2-13H,1H3,(H2,21,23,26). The Labute approximate surface area is 150 Å². The zero-order chi connectivity index (χ0) is 17.9. The van der Waals surface area contributed by atoms with E-state index in [1.54, 1.807) is 17.8 Å². The molecule has 0 spiro atoms. The predicted molar refractivity (Wildman–Crippen MR) is 102 cm³/mol. The third-order valence-corrected chi connectivity index (χ3v) is 4.05. The van der Waals surface area contributed by atoms with Crippen molar-refractivity contribution >= 4 is 17.5 Å². The minimum absolute atomic E-state index is 0.316. The number of hydrogen-bond donors (Lipinski definition) is 2. The van der Waals surface area contributed by atoms with Gasteiger partial charge in [0.05, 0.1) is 11.9 Å². The Morgan fingerprint density at radius 2 is 1.69 bits per heavy atom. The van der Waals surface area contributed by atoms with Crippen LogP contribution in [0, 0.1) is 0 Å². The summed E-state index contributed by atoms with van der Waals surface area (Å²) in [5.74, 6) is 0.451. The molecule has 4 aromatic rings. The van der Waals surface area contributed by atoms with Gasteiger partial charge in [0.2, 0.25) is 0 Å². The maximum atomic E-state index is 11.4. The smallest absolute Gasteiger partial charge is 0.320 e. The third-order valence-electron chi connectivity index (χ3n) is 4.05. The SMILES string of the molecule is CNC(=O)Nc1cn2nc(-c3cccc(-c4ccccc4)c3)ccc2n1. The van der Waals surface area contributed by atoms with Crippen LogP contribution in [-0.2, 0) is 0 Å². The number of hydrogen-bond acceptors (Lipinski definition) is 3. The van der Waals surface area contributed by atoms with Crippen molar-refractivity contribution in [3.63, 3.8) is 0 Å². The van der Waals surface area contributed by atoms with Crippen molar-refractivity contribution in [1.82, 2.24) is 19.9 Å². The molecule has 0 aliphatic heterocycles. The van der Waals surface area contributed by atoms with Crippen LogP contribution in [0.5, 0.6) is 0 Å². The number of nitrogens with zero attached hydrogens (tertiary/aromatic N) is 3. The predicted octanol–water partition coefficient (Wildman–Crippen LogP) is 3.81. The summed E-state index contributed by atoms with van der Waals surface area (Å²) >= 11 is 0. The summed E-state index contributed by atoms with van der Waals surface area (Å²) in [5, 5.41) is 9.76. The van der Waals surface area contributed by atoms with Crippen LogP contribution in [-0.4, -0.2) is 27.7 Å². The van der Waals surface area contributed by atoms with Crippen LogP contribution in [0.2, 0.25) is 0 Å². The molecule has 0 aliphatic carbocycles. The highest BCUT2D eigenvalue weighted by atomic mass is 16.2. The van der Waals surface area contributed by atoms with Gasteiger partial charge in [-0.2, -0.15) is 5.10 Å². The van der Waals surface area contributed by atoms with Crippen LogP contribution in [0.1, 0.15) is 0 Å². The molecule has 2 aromatic carbocycles. The van der Waals surface area contributed by atoms with Crippen molar-refractivity contribution in [2.24, 2.45) is 0 Å². The molecule has 0 saturated heterocycles. The van der Waals surface area contributed by atoms with Gasteiger partial charge < -0.3 is 5.32 Å². The number of amides is 2. The van der Waals surface area contributed by atoms with E-state index in [9.17, 15) is 4.79 Å². The number of fused-ring (bicyclic) bond motifs is 1. The molecule has 6 nitrogen and oxygen atoms in total. The monoisotopic (exact) mass is 343 g/mol. The number of aromatic nitrogens is 3. The topological polar surface area (TPSA) is 71.3 Å². The normalized spacial score (nSPS) is 10.7. The molecule has 2 amide bonds. The minimum atomic E-state index is -0.316. The molecule has 2 heterocycles. The molecule has 0 aliphatic rings. The van der Waals surface area contributed by atoms with Gasteiger partial charge in [-0.15, -0.1) is 0 Å². The number of carbonyl (C=O) groups excluding carboxylic acids is 1. The molecule has 0 atom stereocenters. The average Bonchev–Trinajstić information content (AvgIpc) is 3.10. The van der Waals surface area contributed by atoms with Crippen LogP contribution >= 0.6 is 0 Å². The first-order valence-electron chi connectivity index (χ1n) is 8.24. The molecular weight excluding hydrogens is 326 g/mol. The Bertz CT molecular complexity index is 1070. The number of nitrogens with one attached hydrogen (secondary N) is 2. The maximum absolute atomic E-state index is 11.4. The lowest BCUT2D eigenvalue weighted by Crippen LogP contribution is -2.24. The van der Waals surface area contributed by atoms with Crippen molar-refractivity contribution < 1.29 is 4.79 Å². The molecule has 2 aromatic heterocycles. The van der Waals surface area contributed by atoms with E-state index in [1.807, 2.05) is 42.5 Å². The van der Waals surface area contributed by atoms with E-state index in [4.69, 9.17) is 0 Å². The van der Waals surface area contributed by atoms with Gasteiger partial charge in [0.15, 0.2) is 11.5 Å². The lowest BCUT2D eigenvalue weighted by Gasteiger charge is -2.05. The number of anilines is 1. The molecular formula is C20H17N5O. The fourth-order valence-electron chi connectivity index (χ4n) is 2.76. The Hall–Kier alpha value is -3.67. The number of benzene rings is 2. The summed E-state index contributed by atoms with van der Waals surface area (Å²) in [7, 11) is 1.56. The highest BCUT2D eigenvalue weighted by Gasteiger charge is 2.08. The highest BCUT2D eigenvalue weighted by molar-refractivity contribution is 5.88. The lowest BCUT2D eigenvalue weighted by molar-refractivity contribution is 0.254. The third kappa shape index (κ3) is 3.12. The number of rotatable bonds is 3. The maximum Gasteiger partial charge on any atom is 0.320 e. The van der Waals surface area contributed by atoms with E-state index in [1.165, 1.54) is 0 Å². The highest BCUT2D eigenvalue weighted by Crippen LogP contribution is 2.25. The first-order valence-corrected chi connectivity index (χ1v) is 8.24. The molecule has 0 bridgehead atoms. The fourth-order valence-corrected chi connectivity index (χ4v) is 2.76. The van der Waals surface area contributed by atoms with Gasteiger partial charge >= 0.3 is 6.03 Å². The van der Waals surface area contributed by atoms with Gasteiger partial charge in [0, 0.05) is 12.6 Å². The Balaban J connectivity index is 1.69. The van der Waals surface area contributed by atoms with Crippen molar-refractivity contribution in [3.05, 3.63) is 72.9 Å². The van der Waals surface area contributed by atoms with Crippen LogP contribution in [0.25, 0.3) is 28.0 Å². The number of urea groups is 1. The summed E-state index contributed by atoms with van der Waals surface area (Å²) in [6.07, 6.45) is 1.69. The Morgan fingerprint density at radius 1 is 0.923 bits per heavy atom. The fraction of sp³-hybridized carbons (Fsp3) is 0.0500. The molecule has 0 unspecified atom stereocenters. The van der Waals surface area contributed by atoms with Crippen molar-refractivity contribution in [1.29, 1.82) is 0 Å². The molecule has 0 saturated carbocycles. The second-order valence-corrected chi connectivity index (χ2v) is 5.80. The quantitative estimate of drug-likeness (QED) is 0.594. The molecule has 6 heteroatoms. The molecule has 26 heavy (non-hydrogen) atoms. The average molecular weight is 343 g/mol. The summed E-state index contributed by atoms with van der Waals surface area (Å²) in [4.78, 5) is 15.8. The Morgan fingerprint density at radius 3 is 2.50 bits per heavy atom. The van der Waals surface area contributed by atoms with E-state index < -0.39 is 0 Å². The largest absolute Gasteiger partial charge is 0.341 e. The van der Waals surface area contributed by atoms with E-state index in [0.29, 0.717) is 11.5 Å². The van der Waals surface area contributed by atoms with E-state index in [0.717, 1.165) is 22.4 Å². The second kappa shape index (κ2) is 6.68. The zero-order valence-corrected chi connectivity index (χ0v) is 14.2. The van der Waals surface area contributed by atoms with Gasteiger partial charge in [-0.1, -0.05) is 48.5 Å². The van der Waals surface area contributed by atoms with Crippen LogP contribution in [0.3, 0.4) is 0 Å². The lowest BCUT2D eigenvalue weighted by atomic mass is 10.0. The first-order chi connectivity index (χ1) is 12.7. The van der Waals surface area contributed by atoms with Crippen LogP contribution in [0.4, 0.5) is 10.6 Å². The van der Waals surface area contributed by atoms with Crippen molar-refractivity contribution in [2.45, 2.75) is 0 Å². The summed E-state index contributed by atoms with van der Waals surface area (Å²) in [6.45, 7) is 0. The molecule has 4 rings (SSSR count). The minimum Gasteiger partial charge on any atom is -0.341 e. The Kier molecular flexibility index (Phi) is 4.07. The van der Waals surface area contributed by atoms with Gasteiger partial charge in [-0.3, -0.25) is 5.32 Å². The van der Waals surface area contributed by atoms with Gasteiger partial charge in [0.25, 0.3) is 0 Å². The summed E-state index contributed by atoms with van der Waals surface area (Å²) in [5.41, 5.74) is 4.81.